The molecule has 0 aliphatic rings. The van der Waals surface area contributed by atoms with Crippen molar-refractivity contribution >= 4 is 45.3 Å². The third-order valence-electron chi connectivity index (χ3n) is 4.78. The molecular weight excluding hydrogens is 392 g/mol. The predicted octanol–water partition coefficient (Wildman–Crippen LogP) is 4.06. The van der Waals surface area contributed by atoms with Crippen molar-refractivity contribution in [1.82, 2.24) is 4.57 Å². The number of carbonyl (C=O) groups excluding carboxylic acids is 1. The molecule has 3 aromatic carbocycles. The van der Waals surface area contributed by atoms with Gasteiger partial charge in [0.25, 0.3) is 0 Å². The van der Waals surface area contributed by atoms with Gasteiger partial charge in [0.15, 0.2) is 6.61 Å². The third kappa shape index (κ3) is 3.39. The summed E-state index contributed by atoms with van der Waals surface area (Å²) >= 11 is 6.36. The highest BCUT2D eigenvalue weighted by Crippen LogP contribution is 2.38. The number of hydrogen-bond donors (Lipinski definition) is 2. The highest BCUT2D eigenvalue weighted by molar-refractivity contribution is 6.31. The molecule has 3 N–H and O–H groups in total. The molecule has 0 aliphatic carbocycles. The van der Waals surface area contributed by atoms with Gasteiger partial charge in [-0.15, -0.1) is 0 Å². The molecule has 0 unspecified atom stereocenters. The van der Waals surface area contributed by atoms with Crippen molar-refractivity contribution < 1.29 is 19.4 Å². The summed E-state index contributed by atoms with van der Waals surface area (Å²) in [5, 5.41) is 10.9. The molecule has 6 nitrogen and oxygen atoms in total. The minimum absolute atomic E-state index is 0.344. The lowest BCUT2D eigenvalue weighted by Crippen LogP contribution is -2.11. The fraction of sp³-hybridized carbons (Fsp3) is 0.0909. The van der Waals surface area contributed by atoms with Gasteiger partial charge < -0.3 is 20.1 Å². The van der Waals surface area contributed by atoms with Gasteiger partial charge in [-0.1, -0.05) is 41.9 Å². The second-order valence-corrected chi connectivity index (χ2v) is 6.98. The number of aromatic nitrogens is 1. The Morgan fingerprint density at radius 1 is 0.966 bits per heavy atom. The Morgan fingerprint density at radius 3 is 2.34 bits per heavy atom. The van der Waals surface area contributed by atoms with E-state index in [1.807, 2.05) is 41.0 Å². The van der Waals surface area contributed by atoms with Crippen LogP contribution in [0.1, 0.15) is 15.9 Å². The van der Waals surface area contributed by atoms with Crippen LogP contribution in [0.15, 0.2) is 60.7 Å². The lowest BCUT2D eigenvalue weighted by atomic mass is 10.1. The Labute approximate surface area is 171 Å². The van der Waals surface area contributed by atoms with Crippen molar-refractivity contribution in [2.45, 2.75) is 6.54 Å². The van der Waals surface area contributed by atoms with Gasteiger partial charge >= 0.3 is 5.97 Å². The van der Waals surface area contributed by atoms with Crippen molar-refractivity contribution in [2.24, 2.45) is 5.73 Å². The SMILES string of the molecule is NC(=O)c1cccc2c1c1c(OCC(=O)O)cccc1n2Cc1ccccc1Cl. The molecule has 29 heavy (non-hydrogen) atoms. The summed E-state index contributed by atoms with van der Waals surface area (Å²) in [7, 11) is 0. The van der Waals surface area contributed by atoms with Crippen LogP contribution in [-0.4, -0.2) is 28.2 Å². The van der Waals surface area contributed by atoms with Crippen LogP contribution >= 0.6 is 11.6 Å². The number of halogens is 1. The summed E-state index contributed by atoms with van der Waals surface area (Å²) < 4.78 is 7.54. The average molecular weight is 409 g/mol. The standard InChI is InChI=1S/C22H17ClN2O4/c23-15-7-2-1-5-13(15)11-25-16-8-3-6-14(22(24)28)20(16)21-17(25)9-4-10-18(21)29-12-19(26)27/h1-10H,11-12H2,(H2,24,28)(H,26,27). The number of rotatable bonds is 6. The molecule has 0 radical (unpaired) electrons. The fourth-order valence-corrected chi connectivity index (χ4v) is 3.78. The number of benzene rings is 3. The highest BCUT2D eigenvalue weighted by Gasteiger charge is 2.20. The first kappa shape index (κ1) is 18.8. The van der Waals surface area contributed by atoms with Crippen molar-refractivity contribution in [1.29, 1.82) is 0 Å². The van der Waals surface area contributed by atoms with E-state index >= 15 is 0 Å². The number of primary amides is 1. The molecule has 146 valence electrons. The van der Waals surface area contributed by atoms with Gasteiger partial charge in [-0.05, 0) is 35.9 Å². The number of amides is 1. The largest absolute Gasteiger partial charge is 0.481 e. The fourth-order valence-electron chi connectivity index (χ4n) is 3.59. The molecule has 0 aliphatic heterocycles. The number of carbonyl (C=O) groups is 2. The Bertz CT molecular complexity index is 1260. The zero-order chi connectivity index (χ0) is 20.5. The molecule has 0 fully saturated rings. The zero-order valence-corrected chi connectivity index (χ0v) is 16.0. The molecule has 4 aromatic rings. The minimum Gasteiger partial charge on any atom is -0.481 e. The number of carboxylic acid groups (broad SMARTS) is 1. The summed E-state index contributed by atoms with van der Waals surface area (Å²) in [6.45, 7) is -0.0285. The van der Waals surface area contributed by atoms with Crippen LogP contribution in [0, 0.1) is 0 Å². The van der Waals surface area contributed by atoms with Gasteiger partial charge in [0.05, 0.1) is 16.4 Å². The molecule has 0 saturated heterocycles. The van der Waals surface area contributed by atoms with E-state index < -0.39 is 18.5 Å². The third-order valence-corrected chi connectivity index (χ3v) is 5.15. The van der Waals surface area contributed by atoms with E-state index in [-0.39, 0.29) is 0 Å². The minimum atomic E-state index is -1.09. The van der Waals surface area contributed by atoms with Gasteiger partial charge in [-0.3, -0.25) is 4.79 Å². The Kier molecular flexibility index (Phi) is 4.86. The van der Waals surface area contributed by atoms with E-state index in [0.29, 0.717) is 33.7 Å². The second kappa shape index (κ2) is 7.48. The van der Waals surface area contributed by atoms with Crippen LogP contribution in [0.4, 0.5) is 0 Å². The Hall–Kier alpha value is -3.51. The van der Waals surface area contributed by atoms with Crippen LogP contribution in [0.25, 0.3) is 21.8 Å². The van der Waals surface area contributed by atoms with Gasteiger partial charge in [0, 0.05) is 22.5 Å². The maximum atomic E-state index is 12.1. The van der Waals surface area contributed by atoms with Gasteiger partial charge in [-0.25, -0.2) is 4.79 Å². The van der Waals surface area contributed by atoms with Crippen LogP contribution < -0.4 is 10.5 Å². The summed E-state index contributed by atoms with van der Waals surface area (Å²) in [4.78, 5) is 23.1. The van der Waals surface area contributed by atoms with Crippen LogP contribution in [0.3, 0.4) is 0 Å². The van der Waals surface area contributed by atoms with Gasteiger partial charge in [-0.2, -0.15) is 0 Å². The van der Waals surface area contributed by atoms with Gasteiger partial charge in [0.1, 0.15) is 5.75 Å². The van der Waals surface area contributed by atoms with Crippen LogP contribution in [0.2, 0.25) is 5.02 Å². The van der Waals surface area contributed by atoms with E-state index in [9.17, 15) is 9.59 Å². The molecule has 0 atom stereocenters. The molecule has 7 heteroatoms. The Balaban J connectivity index is 2.03. The number of carboxylic acids is 1. The highest BCUT2D eigenvalue weighted by atomic mass is 35.5. The number of aliphatic carboxylic acids is 1. The van der Waals surface area contributed by atoms with Crippen molar-refractivity contribution in [3.05, 3.63) is 76.8 Å². The average Bonchev–Trinajstić information content (AvgIpc) is 3.02. The monoisotopic (exact) mass is 408 g/mol. The summed E-state index contributed by atoms with van der Waals surface area (Å²) in [5.41, 5.74) is 8.45. The van der Waals surface area contributed by atoms with Crippen LogP contribution in [0.5, 0.6) is 5.75 Å². The molecule has 0 bridgehead atoms. The smallest absolute Gasteiger partial charge is 0.341 e. The summed E-state index contributed by atoms with van der Waals surface area (Å²) in [5.74, 6) is -1.28. The summed E-state index contributed by atoms with van der Waals surface area (Å²) in [6.07, 6.45) is 0. The zero-order valence-electron chi connectivity index (χ0n) is 15.3. The lowest BCUT2D eigenvalue weighted by molar-refractivity contribution is -0.139. The second-order valence-electron chi connectivity index (χ2n) is 6.57. The number of hydrogen-bond acceptors (Lipinski definition) is 3. The van der Waals surface area contributed by atoms with Crippen molar-refractivity contribution in [2.75, 3.05) is 6.61 Å². The normalized spacial score (nSPS) is 11.1. The van der Waals surface area contributed by atoms with E-state index in [2.05, 4.69) is 0 Å². The number of fused-ring (bicyclic) bond motifs is 3. The first-order valence-electron chi connectivity index (χ1n) is 8.89. The van der Waals surface area contributed by atoms with E-state index in [1.165, 1.54) is 0 Å². The van der Waals surface area contributed by atoms with Crippen molar-refractivity contribution in [3.63, 3.8) is 0 Å². The molecule has 1 aromatic heterocycles. The van der Waals surface area contributed by atoms with E-state index in [1.54, 1.807) is 24.3 Å². The number of nitrogens with two attached hydrogens (primary N) is 1. The Morgan fingerprint density at radius 2 is 1.66 bits per heavy atom. The summed E-state index contributed by atoms with van der Waals surface area (Å²) in [6, 6.07) is 18.2. The number of ether oxygens (including phenoxy) is 1. The molecular formula is C22H17ClN2O4. The maximum absolute atomic E-state index is 12.1. The quantitative estimate of drug-likeness (QED) is 0.503. The lowest BCUT2D eigenvalue weighted by Gasteiger charge is -2.10. The van der Waals surface area contributed by atoms with E-state index in [4.69, 9.17) is 27.2 Å². The molecule has 1 amide bonds. The molecule has 0 saturated carbocycles. The van der Waals surface area contributed by atoms with E-state index in [0.717, 1.165) is 16.6 Å². The topological polar surface area (TPSA) is 94.6 Å². The number of nitrogens with zero attached hydrogens (tertiary/aromatic N) is 1. The molecule has 1 heterocycles. The maximum Gasteiger partial charge on any atom is 0.341 e. The van der Waals surface area contributed by atoms with Crippen LogP contribution in [-0.2, 0) is 11.3 Å². The van der Waals surface area contributed by atoms with Gasteiger partial charge in [0.2, 0.25) is 5.91 Å². The van der Waals surface area contributed by atoms with Crippen molar-refractivity contribution in [3.8, 4) is 5.75 Å². The first-order valence-corrected chi connectivity index (χ1v) is 9.27. The molecule has 4 rings (SSSR count). The molecule has 0 spiro atoms. The predicted molar refractivity (Wildman–Crippen MR) is 112 cm³/mol. The first-order chi connectivity index (χ1) is 14.0.